The SMILES string of the molecule is COc1ccc(OC)c(CCC(=O)NC2(C(=O)O)CCSCC2)c1. The second-order valence-corrected chi connectivity index (χ2v) is 6.95. The molecule has 0 radical (unpaired) electrons. The van der Waals surface area contributed by atoms with Crippen LogP contribution in [0.15, 0.2) is 18.2 Å². The van der Waals surface area contributed by atoms with Crippen LogP contribution < -0.4 is 14.8 Å². The van der Waals surface area contributed by atoms with Gasteiger partial charge in [-0.05, 0) is 54.5 Å². The van der Waals surface area contributed by atoms with Crippen molar-refractivity contribution in [2.24, 2.45) is 0 Å². The van der Waals surface area contributed by atoms with Crippen LogP contribution in [0.3, 0.4) is 0 Å². The molecule has 0 saturated carbocycles. The Morgan fingerprint density at radius 3 is 2.54 bits per heavy atom. The van der Waals surface area contributed by atoms with Crippen LogP contribution in [-0.2, 0) is 16.0 Å². The average molecular weight is 353 g/mol. The first-order chi connectivity index (χ1) is 11.5. The highest BCUT2D eigenvalue weighted by atomic mass is 32.2. The van der Waals surface area contributed by atoms with Gasteiger partial charge in [-0.15, -0.1) is 0 Å². The summed E-state index contributed by atoms with van der Waals surface area (Å²) in [6, 6.07) is 5.42. The van der Waals surface area contributed by atoms with Crippen molar-refractivity contribution in [1.82, 2.24) is 5.32 Å². The molecule has 2 rings (SSSR count). The molecule has 1 aromatic carbocycles. The summed E-state index contributed by atoms with van der Waals surface area (Å²) in [6.07, 6.45) is 1.57. The number of rotatable bonds is 7. The highest BCUT2D eigenvalue weighted by Gasteiger charge is 2.41. The lowest BCUT2D eigenvalue weighted by Gasteiger charge is -2.33. The summed E-state index contributed by atoms with van der Waals surface area (Å²) in [5, 5.41) is 12.3. The Morgan fingerprint density at radius 1 is 1.25 bits per heavy atom. The number of thioether (sulfide) groups is 1. The first kappa shape index (κ1) is 18.4. The number of aryl methyl sites for hydroxylation is 1. The number of aliphatic carboxylic acids is 1. The monoisotopic (exact) mass is 353 g/mol. The van der Waals surface area contributed by atoms with Crippen LogP contribution in [0.25, 0.3) is 0 Å². The Morgan fingerprint density at radius 2 is 1.96 bits per heavy atom. The summed E-state index contributed by atoms with van der Waals surface area (Å²) in [5.74, 6) is 1.67. The van der Waals surface area contributed by atoms with E-state index in [0.717, 1.165) is 17.1 Å². The molecular formula is C17H23NO5S. The van der Waals surface area contributed by atoms with E-state index in [0.29, 0.717) is 30.8 Å². The largest absolute Gasteiger partial charge is 0.497 e. The van der Waals surface area contributed by atoms with Gasteiger partial charge in [0.05, 0.1) is 14.2 Å². The smallest absolute Gasteiger partial charge is 0.329 e. The van der Waals surface area contributed by atoms with E-state index in [1.807, 2.05) is 6.07 Å². The van der Waals surface area contributed by atoms with Crippen LogP contribution in [0.4, 0.5) is 0 Å². The minimum atomic E-state index is -1.12. The molecule has 1 aromatic rings. The van der Waals surface area contributed by atoms with Crippen LogP contribution in [0.1, 0.15) is 24.8 Å². The van der Waals surface area contributed by atoms with Crippen LogP contribution in [0.2, 0.25) is 0 Å². The normalized spacial score (nSPS) is 16.2. The number of methoxy groups -OCH3 is 2. The van der Waals surface area contributed by atoms with Gasteiger partial charge in [-0.25, -0.2) is 4.79 Å². The van der Waals surface area contributed by atoms with E-state index in [4.69, 9.17) is 9.47 Å². The van der Waals surface area contributed by atoms with Crippen LogP contribution >= 0.6 is 11.8 Å². The molecule has 6 nitrogen and oxygen atoms in total. The number of amides is 1. The van der Waals surface area contributed by atoms with Crippen molar-refractivity contribution in [3.8, 4) is 11.5 Å². The lowest BCUT2D eigenvalue weighted by molar-refractivity contribution is -0.148. The van der Waals surface area contributed by atoms with Gasteiger partial charge in [0.25, 0.3) is 0 Å². The molecule has 1 aliphatic rings. The maximum Gasteiger partial charge on any atom is 0.329 e. The van der Waals surface area contributed by atoms with E-state index in [2.05, 4.69) is 5.32 Å². The van der Waals surface area contributed by atoms with Crippen molar-refractivity contribution in [3.05, 3.63) is 23.8 Å². The fourth-order valence-electron chi connectivity index (χ4n) is 2.77. The highest BCUT2D eigenvalue weighted by molar-refractivity contribution is 7.99. The Kier molecular flexibility index (Phi) is 6.36. The number of carbonyl (C=O) groups excluding carboxylic acids is 1. The Balaban J connectivity index is 2.01. The Hall–Kier alpha value is -1.89. The minimum absolute atomic E-state index is 0.200. The molecule has 132 valence electrons. The third kappa shape index (κ3) is 4.35. The molecule has 7 heteroatoms. The molecule has 0 bridgehead atoms. The van der Waals surface area contributed by atoms with Crippen LogP contribution in [-0.4, -0.2) is 48.2 Å². The molecule has 1 fully saturated rings. The molecule has 1 amide bonds. The minimum Gasteiger partial charge on any atom is -0.497 e. The number of benzene rings is 1. The van der Waals surface area contributed by atoms with Gasteiger partial charge < -0.3 is 19.9 Å². The summed E-state index contributed by atoms with van der Waals surface area (Å²) >= 11 is 1.72. The number of hydrogen-bond acceptors (Lipinski definition) is 5. The molecule has 0 aliphatic carbocycles. The van der Waals surface area contributed by atoms with Gasteiger partial charge >= 0.3 is 5.97 Å². The lowest BCUT2D eigenvalue weighted by atomic mass is 9.92. The molecule has 0 atom stereocenters. The van der Waals surface area contributed by atoms with E-state index in [-0.39, 0.29) is 12.3 Å². The summed E-state index contributed by atoms with van der Waals surface area (Å²) < 4.78 is 10.5. The first-order valence-electron chi connectivity index (χ1n) is 7.84. The number of ether oxygens (including phenoxy) is 2. The summed E-state index contributed by atoms with van der Waals surface area (Å²) in [7, 11) is 3.15. The van der Waals surface area contributed by atoms with Crippen molar-refractivity contribution in [2.45, 2.75) is 31.2 Å². The van der Waals surface area contributed by atoms with E-state index in [1.54, 1.807) is 38.1 Å². The van der Waals surface area contributed by atoms with Gasteiger partial charge in [0.2, 0.25) is 5.91 Å². The third-order valence-corrected chi connectivity index (χ3v) is 5.23. The molecule has 1 aliphatic heterocycles. The predicted molar refractivity (Wildman–Crippen MR) is 92.9 cm³/mol. The van der Waals surface area contributed by atoms with E-state index >= 15 is 0 Å². The van der Waals surface area contributed by atoms with Gasteiger partial charge in [-0.1, -0.05) is 0 Å². The van der Waals surface area contributed by atoms with E-state index < -0.39 is 11.5 Å². The van der Waals surface area contributed by atoms with Gasteiger partial charge in [-0.2, -0.15) is 11.8 Å². The Labute approximate surface area is 145 Å². The maximum absolute atomic E-state index is 12.3. The topological polar surface area (TPSA) is 84.9 Å². The highest BCUT2D eigenvalue weighted by Crippen LogP contribution is 2.28. The second kappa shape index (κ2) is 8.28. The summed E-state index contributed by atoms with van der Waals surface area (Å²) in [6.45, 7) is 0. The van der Waals surface area contributed by atoms with Crippen molar-refractivity contribution >= 4 is 23.6 Å². The zero-order chi connectivity index (χ0) is 17.6. The number of carboxylic acids is 1. The van der Waals surface area contributed by atoms with Crippen molar-refractivity contribution in [1.29, 1.82) is 0 Å². The number of nitrogens with one attached hydrogen (secondary N) is 1. The fraction of sp³-hybridized carbons (Fsp3) is 0.529. The first-order valence-corrected chi connectivity index (χ1v) is 8.99. The quantitative estimate of drug-likeness (QED) is 0.781. The van der Waals surface area contributed by atoms with Crippen LogP contribution in [0, 0.1) is 0 Å². The van der Waals surface area contributed by atoms with Gasteiger partial charge in [0.15, 0.2) is 0 Å². The number of carboxylic acid groups (broad SMARTS) is 1. The zero-order valence-electron chi connectivity index (χ0n) is 14.0. The van der Waals surface area contributed by atoms with E-state index in [9.17, 15) is 14.7 Å². The van der Waals surface area contributed by atoms with Crippen molar-refractivity contribution in [2.75, 3.05) is 25.7 Å². The fourth-order valence-corrected chi connectivity index (χ4v) is 3.96. The molecule has 0 unspecified atom stereocenters. The standard InChI is InChI=1S/C17H23NO5S/c1-22-13-4-5-14(23-2)12(11-13)3-6-15(19)18-17(16(20)21)7-9-24-10-8-17/h4-5,11H,3,6-10H2,1-2H3,(H,18,19)(H,20,21). The summed E-state index contributed by atoms with van der Waals surface area (Å²) in [4.78, 5) is 23.9. The third-order valence-electron chi connectivity index (χ3n) is 4.24. The number of carbonyl (C=O) groups is 2. The average Bonchev–Trinajstić information content (AvgIpc) is 2.60. The number of hydrogen-bond donors (Lipinski definition) is 2. The van der Waals surface area contributed by atoms with Crippen molar-refractivity contribution < 1.29 is 24.2 Å². The Bertz CT molecular complexity index is 599. The van der Waals surface area contributed by atoms with E-state index in [1.165, 1.54) is 0 Å². The molecular weight excluding hydrogens is 330 g/mol. The molecule has 0 aromatic heterocycles. The molecule has 24 heavy (non-hydrogen) atoms. The molecule has 0 spiro atoms. The molecule has 1 saturated heterocycles. The van der Waals surface area contributed by atoms with Gasteiger partial charge in [0, 0.05) is 6.42 Å². The molecule has 2 N–H and O–H groups in total. The zero-order valence-corrected chi connectivity index (χ0v) is 14.8. The van der Waals surface area contributed by atoms with Crippen LogP contribution in [0.5, 0.6) is 11.5 Å². The van der Waals surface area contributed by atoms with Gasteiger partial charge in [0.1, 0.15) is 17.0 Å². The molecule has 1 heterocycles. The predicted octanol–water partition coefficient (Wildman–Crippen LogP) is 2.10. The second-order valence-electron chi connectivity index (χ2n) is 5.73. The maximum atomic E-state index is 12.3. The lowest BCUT2D eigenvalue weighted by Crippen LogP contribution is -2.56. The van der Waals surface area contributed by atoms with Gasteiger partial charge in [-0.3, -0.25) is 4.79 Å². The van der Waals surface area contributed by atoms with Crippen molar-refractivity contribution in [3.63, 3.8) is 0 Å². The summed E-state index contributed by atoms with van der Waals surface area (Å²) in [5.41, 5.74) is -0.267.